The Morgan fingerprint density at radius 3 is 2.60 bits per heavy atom. The maximum atomic E-state index is 5.57. The number of aromatic nitrogens is 1. The molecule has 1 aromatic carbocycles. The Bertz CT molecular complexity index is 854. The molecule has 3 aromatic rings. The molecule has 5 nitrogen and oxygen atoms in total. The first kappa shape index (κ1) is 17.7. The number of nitrogens with zero attached hydrogens (tertiary/aromatic N) is 2. The van der Waals surface area contributed by atoms with Crippen LogP contribution in [0.4, 0.5) is 0 Å². The van der Waals surface area contributed by atoms with Gasteiger partial charge in [-0.2, -0.15) is 0 Å². The van der Waals surface area contributed by atoms with Crippen LogP contribution in [0.5, 0.6) is 0 Å². The number of guanidine groups is 1. The van der Waals surface area contributed by atoms with E-state index in [9.17, 15) is 0 Å². The van der Waals surface area contributed by atoms with E-state index in [4.69, 9.17) is 4.42 Å². The van der Waals surface area contributed by atoms with E-state index in [1.165, 1.54) is 10.4 Å². The van der Waals surface area contributed by atoms with Gasteiger partial charge < -0.3 is 15.1 Å². The molecular weight excluding hydrogens is 400 g/mol. The summed E-state index contributed by atoms with van der Waals surface area (Å²) >= 11 is 5.17. The maximum absolute atomic E-state index is 5.57. The number of nitrogens with one attached hydrogen (secondary N) is 2. The molecule has 2 N–H and O–H groups in total. The van der Waals surface area contributed by atoms with Gasteiger partial charge in [-0.25, -0.2) is 4.98 Å². The Balaban J connectivity index is 1.54. The van der Waals surface area contributed by atoms with Crippen LogP contribution in [0.25, 0.3) is 11.5 Å². The lowest BCUT2D eigenvalue weighted by Gasteiger charge is -2.09. The molecule has 25 heavy (non-hydrogen) atoms. The molecule has 0 aliphatic heterocycles. The molecular formula is C18H19BrN4OS. The molecule has 7 heteroatoms. The summed E-state index contributed by atoms with van der Waals surface area (Å²) in [5.41, 5.74) is 3.02. The SMILES string of the molecule is CN=C(NCc1coc(-c2ccc(C)cc2)n1)NCc1ccc(Br)s1. The van der Waals surface area contributed by atoms with Crippen LogP contribution >= 0.6 is 27.3 Å². The topological polar surface area (TPSA) is 62.5 Å². The molecule has 0 aliphatic carbocycles. The molecule has 0 unspecified atom stereocenters. The minimum atomic E-state index is 0.545. The van der Waals surface area contributed by atoms with Crippen molar-refractivity contribution >= 4 is 33.2 Å². The van der Waals surface area contributed by atoms with Gasteiger partial charge in [0.15, 0.2) is 5.96 Å². The fourth-order valence-corrected chi connectivity index (χ4v) is 3.65. The first-order valence-electron chi connectivity index (χ1n) is 7.84. The van der Waals surface area contributed by atoms with Crippen LogP contribution in [-0.2, 0) is 13.1 Å². The summed E-state index contributed by atoms with van der Waals surface area (Å²) in [7, 11) is 1.75. The number of aryl methyl sites for hydroxylation is 1. The van der Waals surface area contributed by atoms with Crippen LogP contribution in [0.15, 0.2) is 55.9 Å². The zero-order chi connectivity index (χ0) is 17.6. The number of benzene rings is 1. The highest BCUT2D eigenvalue weighted by Gasteiger charge is 2.07. The summed E-state index contributed by atoms with van der Waals surface area (Å²) in [5.74, 6) is 1.35. The number of hydrogen-bond acceptors (Lipinski definition) is 4. The van der Waals surface area contributed by atoms with Crippen LogP contribution in [0, 0.1) is 6.92 Å². The van der Waals surface area contributed by atoms with E-state index < -0.39 is 0 Å². The van der Waals surface area contributed by atoms with Gasteiger partial charge in [-0.15, -0.1) is 11.3 Å². The van der Waals surface area contributed by atoms with Crippen LogP contribution in [0.2, 0.25) is 0 Å². The van der Waals surface area contributed by atoms with Gasteiger partial charge in [0.1, 0.15) is 6.26 Å². The average Bonchev–Trinajstić information content (AvgIpc) is 3.25. The molecule has 0 saturated heterocycles. The molecule has 0 bridgehead atoms. The van der Waals surface area contributed by atoms with Gasteiger partial charge in [0.25, 0.3) is 0 Å². The quantitative estimate of drug-likeness (QED) is 0.477. The lowest BCUT2D eigenvalue weighted by Crippen LogP contribution is -2.36. The Hall–Kier alpha value is -2.12. The van der Waals surface area contributed by atoms with Crippen molar-refractivity contribution in [2.24, 2.45) is 4.99 Å². The van der Waals surface area contributed by atoms with Crippen LogP contribution in [-0.4, -0.2) is 18.0 Å². The Labute approximate surface area is 159 Å². The number of rotatable bonds is 5. The summed E-state index contributed by atoms with van der Waals surface area (Å²) in [6.07, 6.45) is 1.67. The number of thiophene rings is 1. The molecule has 0 fully saturated rings. The highest BCUT2D eigenvalue weighted by atomic mass is 79.9. The number of aliphatic imine (C=N–C) groups is 1. The molecule has 0 spiro atoms. The largest absolute Gasteiger partial charge is 0.444 e. The first-order valence-corrected chi connectivity index (χ1v) is 9.45. The zero-order valence-electron chi connectivity index (χ0n) is 14.0. The van der Waals surface area contributed by atoms with E-state index in [-0.39, 0.29) is 0 Å². The van der Waals surface area contributed by atoms with Gasteiger partial charge in [0, 0.05) is 17.5 Å². The monoisotopic (exact) mass is 418 g/mol. The molecule has 0 saturated carbocycles. The molecule has 0 atom stereocenters. The van der Waals surface area contributed by atoms with Crippen molar-refractivity contribution in [2.75, 3.05) is 7.05 Å². The number of hydrogen-bond donors (Lipinski definition) is 2. The van der Waals surface area contributed by atoms with Gasteiger partial charge >= 0.3 is 0 Å². The smallest absolute Gasteiger partial charge is 0.226 e. The summed E-state index contributed by atoms with van der Waals surface area (Å²) in [6, 6.07) is 12.2. The van der Waals surface area contributed by atoms with Crippen LogP contribution in [0.3, 0.4) is 0 Å². The van der Waals surface area contributed by atoms with Crippen molar-refractivity contribution in [1.29, 1.82) is 0 Å². The minimum absolute atomic E-state index is 0.545. The standard InChI is InChI=1S/C18H19BrN4OS/c1-12-3-5-13(6-4-12)17-23-14(11-24-17)9-21-18(20-2)22-10-15-7-8-16(19)25-15/h3-8,11H,9-10H2,1-2H3,(H2,20,21,22). The highest BCUT2D eigenvalue weighted by Crippen LogP contribution is 2.21. The molecule has 3 rings (SSSR count). The third kappa shape index (κ3) is 4.93. The molecule has 2 aromatic heterocycles. The Morgan fingerprint density at radius 2 is 1.92 bits per heavy atom. The van der Waals surface area contributed by atoms with Crippen molar-refractivity contribution < 1.29 is 4.42 Å². The third-order valence-corrected chi connectivity index (χ3v) is 5.19. The van der Waals surface area contributed by atoms with Crippen molar-refractivity contribution in [1.82, 2.24) is 15.6 Å². The van der Waals surface area contributed by atoms with E-state index in [0.717, 1.165) is 27.5 Å². The third-order valence-electron chi connectivity index (χ3n) is 3.57. The van der Waals surface area contributed by atoms with Crippen molar-refractivity contribution in [3.05, 3.63) is 62.6 Å². The molecule has 0 aliphatic rings. The van der Waals surface area contributed by atoms with E-state index in [1.807, 2.05) is 30.3 Å². The number of oxazole rings is 1. The molecule has 0 amide bonds. The second-order valence-electron chi connectivity index (χ2n) is 5.50. The Kier molecular flexibility index (Phi) is 5.88. The van der Waals surface area contributed by atoms with Crippen molar-refractivity contribution in [3.63, 3.8) is 0 Å². The predicted molar refractivity (Wildman–Crippen MR) is 106 cm³/mol. The highest BCUT2D eigenvalue weighted by molar-refractivity contribution is 9.11. The lowest BCUT2D eigenvalue weighted by atomic mass is 10.1. The van der Waals surface area contributed by atoms with E-state index >= 15 is 0 Å². The maximum Gasteiger partial charge on any atom is 0.226 e. The molecule has 130 valence electrons. The van der Waals surface area contributed by atoms with Crippen LogP contribution in [0.1, 0.15) is 16.1 Å². The van der Waals surface area contributed by atoms with E-state index in [0.29, 0.717) is 12.4 Å². The second kappa shape index (κ2) is 8.31. The van der Waals surface area contributed by atoms with Gasteiger partial charge in [-0.3, -0.25) is 4.99 Å². The average molecular weight is 419 g/mol. The van der Waals surface area contributed by atoms with E-state index in [2.05, 4.69) is 49.5 Å². The summed E-state index contributed by atoms with van der Waals surface area (Å²) in [6.45, 7) is 3.33. The second-order valence-corrected chi connectivity index (χ2v) is 8.04. The number of halogens is 1. The van der Waals surface area contributed by atoms with Gasteiger partial charge in [0.05, 0.1) is 22.6 Å². The van der Waals surface area contributed by atoms with Gasteiger partial charge in [-0.1, -0.05) is 17.7 Å². The fourth-order valence-electron chi connectivity index (χ4n) is 2.23. The minimum Gasteiger partial charge on any atom is -0.444 e. The summed E-state index contributed by atoms with van der Waals surface area (Å²) in [5, 5.41) is 6.53. The lowest BCUT2D eigenvalue weighted by molar-refractivity contribution is 0.572. The Morgan fingerprint density at radius 1 is 1.16 bits per heavy atom. The summed E-state index contributed by atoms with van der Waals surface area (Å²) in [4.78, 5) is 9.98. The van der Waals surface area contributed by atoms with Gasteiger partial charge in [-0.05, 0) is 47.1 Å². The van der Waals surface area contributed by atoms with Crippen molar-refractivity contribution in [2.45, 2.75) is 20.0 Å². The van der Waals surface area contributed by atoms with Crippen LogP contribution < -0.4 is 10.6 Å². The van der Waals surface area contributed by atoms with Gasteiger partial charge in [0.2, 0.25) is 5.89 Å². The normalized spacial score (nSPS) is 11.6. The summed E-state index contributed by atoms with van der Waals surface area (Å²) < 4.78 is 6.70. The van der Waals surface area contributed by atoms with Crippen molar-refractivity contribution in [3.8, 4) is 11.5 Å². The molecule has 0 radical (unpaired) electrons. The fraction of sp³-hybridized carbons (Fsp3) is 0.222. The van der Waals surface area contributed by atoms with E-state index in [1.54, 1.807) is 24.6 Å². The predicted octanol–water partition coefficient (Wildman–Crippen LogP) is 4.34. The molecule has 2 heterocycles. The zero-order valence-corrected chi connectivity index (χ0v) is 16.4. The first-order chi connectivity index (χ1) is 12.1.